The van der Waals surface area contributed by atoms with Gasteiger partial charge in [-0.3, -0.25) is 4.79 Å². The van der Waals surface area contributed by atoms with Gasteiger partial charge in [-0.15, -0.1) is 0 Å². The van der Waals surface area contributed by atoms with E-state index in [1.165, 1.54) is 11.1 Å². The highest BCUT2D eigenvalue weighted by molar-refractivity contribution is 5.81. The van der Waals surface area contributed by atoms with Crippen LogP contribution in [-0.4, -0.2) is 44.0 Å². The molecule has 2 N–H and O–H groups in total. The Labute approximate surface area is 127 Å². The standard InChI is InChI=1S/C16H26N4O/c1-5-17-16(18-10-9-15(21)20(3)4)19-12-14-8-6-7-13(2)11-14/h6-8,11H,5,9-10,12H2,1-4H3,(H2,17,18,19). The fourth-order valence-corrected chi connectivity index (χ4v) is 1.83. The van der Waals surface area contributed by atoms with Gasteiger partial charge in [0.2, 0.25) is 5.91 Å². The van der Waals surface area contributed by atoms with Gasteiger partial charge in [-0.1, -0.05) is 29.8 Å². The molecule has 0 atom stereocenters. The molecule has 21 heavy (non-hydrogen) atoms. The van der Waals surface area contributed by atoms with Crippen molar-refractivity contribution in [2.75, 3.05) is 27.2 Å². The smallest absolute Gasteiger partial charge is 0.223 e. The highest BCUT2D eigenvalue weighted by Crippen LogP contribution is 2.04. The third kappa shape index (κ3) is 6.79. The summed E-state index contributed by atoms with van der Waals surface area (Å²) in [5, 5.41) is 6.37. The monoisotopic (exact) mass is 290 g/mol. The third-order valence-corrected chi connectivity index (χ3v) is 2.98. The minimum atomic E-state index is 0.108. The zero-order chi connectivity index (χ0) is 15.7. The average molecular weight is 290 g/mol. The number of aryl methyl sites for hydroxylation is 1. The first-order valence-corrected chi connectivity index (χ1v) is 7.30. The molecule has 0 bridgehead atoms. The van der Waals surface area contributed by atoms with Crippen LogP contribution in [0.5, 0.6) is 0 Å². The van der Waals surface area contributed by atoms with E-state index in [0.717, 1.165) is 12.5 Å². The lowest BCUT2D eigenvalue weighted by Crippen LogP contribution is -2.39. The summed E-state index contributed by atoms with van der Waals surface area (Å²) < 4.78 is 0. The first-order chi connectivity index (χ1) is 10.0. The number of nitrogens with zero attached hydrogens (tertiary/aromatic N) is 2. The Hall–Kier alpha value is -2.04. The predicted molar refractivity (Wildman–Crippen MR) is 87.3 cm³/mol. The number of hydrogen-bond donors (Lipinski definition) is 2. The molecule has 1 aromatic carbocycles. The van der Waals surface area contributed by atoms with Gasteiger partial charge in [-0.2, -0.15) is 0 Å². The molecule has 1 aromatic rings. The Kier molecular flexibility index (Phi) is 7.29. The van der Waals surface area contributed by atoms with Crippen LogP contribution in [0, 0.1) is 6.92 Å². The van der Waals surface area contributed by atoms with Gasteiger partial charge in [-0.25, -0.2) is 4.99 Å². The summed E-state index contributed by atoms with van der Waals surface area (Å²) in [4.78, 5) is 17.7. The summed E-state index contributed by atoms with van der Waals surface area (Å²) in [6.45, 7) is 6.09. The van der Waals surface area contributed by atoms with E-state index in [-0.39, 0.29) is 5.91 Å². The number of carbonyl (C=O) groups is 1. The molecule has 5 heteroatoms. The van der Waals surface area contributed by atoms with E-state index in [4.69, 9.17) is 0 Å². The van der Waals surface area contributed by atoms with Crippen LogP contribution in [0.1, 0.15) is 24.5 Å². The summed E-state index contributed by atoms with van der Waals surface area (Å²) in [7, 11) is 3.53. The van der Waals surface area contributed by atoms with Crippen LogP contribution in [0.25, 0.3) is 0 Å². The van der Waals surface area contributed by atoms with E-state index in [1.807, 2.05) is 13.0 Å². The topological polar surface area (TPSA) is 56.7 Å². The van der Waals surface area contributed by atoms with Crippen molar-refractivity contribution in [3.8, 4) is 0 Å². The molecule has 0 aromatic heterocycles. The molecule has 0 heterocycles. The van der Waals surface area contributed by atoms with E-state index < -0.39 is 0 Å². The highest BCUT2D eigenvalue weighted by atomic mass is 16.2. The van der Waals surface area contributed by atoms with Gasteiger partial charge in [0.05, 0.1) is 6.54 Å². The molecule has 1 amide bonds. The minimum absolute atomic E-state index is 0.108. The average Bonchev–Trinajstić information content (AvgIpc) is 2.44. The Balaban J connectivity index is 2.51. The maximum Gasteiger partial charge on any atom is 0.223 e. The maximum atomic E-state index is 11.5. The Morgan fingerprint density at radius 1 is 1.29 bits per heavy atom. The lowest BCUT2D eigenvalue weighted by Gasteiger charge is -2.13. The predicted octanol–water partition coefficient (Wildman–Crippen LogP) is 1.53. The van der Waals surface area contributed by atoms with Gasteiger partial charge in [0.15, 0.2) is 5.96 Å². The van der Waals surface area contributed by atoms with Crippen molar-refractivity contribution in [2.45, 2.75) is 26.8 Å². The molecule has 1 rings (SSSR count). The molecule has 0 aliphatic heterocycles. The van der Waals surface area contributed by atoms with Crippen LogP contribution < -0.4 is 10.6 Å². The van der Waals surface area contributed by atoms with Crippen LogP contribution in [0.2, 0.25) is 0 Å². The van der Waals surface area contributed by atoms with Crippen molar-refractivity contribution in [1.82, 2.24) is 15.5 Å². The van der Waals surface area contributed by atoms with Gasteiger partial charge < -0.3 is 15.5 Å². The summed E-state index contributed by atoms with van der Waals surface area (Å²) in [5.74, 6) is 0.850. The summed E-state index contributed by atoms with van der Waals surface area (Å²) >= 11 is 0. The van der Waals surface area contributed by atoms with Gasteiger partial charge in [0.25, 0.3) is 0 Å². The molecule has 0 saturated heterocycles. The van der Waals surface area contributed by atoms with E-state index in [1.54, 1.807) is 19.0 Å². The number of benzene rings is 1. The molecule has 0 aliphatic rings. The normalized spacial score (nSPS) is 11.1. The van der Waals surface area contributed by atoms with Crippen LogP contribution in [-0.2, 0) is 11.3 Å². The number of hydrogen-bond acceptors (Lipinski definition) is 2. The number of guanidine groups is 1. The second kappa shape index (κ2) is 9.00. The maximum absolute atomic E-state index is 11.5. The quantitative estimate of drug-likeness (QED) is 0.617. The fraction of sp³-hybridized carbons (Fsp3) is 0.500. The van der Waals surface area contributed by atoms with Crippen LogP contribution >= 0.6 is 0 Å². The molecule has 0 unspecified atom stereocenters. The second-order valence-corrected chi connectivity index (χ2v) is 5.15. The molecule has 0 fully saturated rings. The molecular formula is C16H26N4O. The SMILES string of the molecule is CCNC(=NCc1cccc(C)c1)NCCC(=O)N(C)C. The molecule has 5 nitrogen and oxygen atoms in total. The number of aliphatic imine (C=N–C) groups is 1. The largest absolute Gasteiger partial charge is 0.357 e. The Morgan fingerprint density at radius 2 is 2.05 bits per heavy atom. The summed E-state index contributed by atoms with van der Waals surface area (Å²) in [6, 6.07) is 8.30. The molecule has 0 saturated carbocycles. The van der Waals surface area contributed by atoms with Crippen molar-refractivity contribution < 1.29 is 4.79 Å². The zero-order valence-corrected chi connectivity index (χ0v) is 13.4. The van der Waals surface area contributed by atoms with E-state index in [9.17, 15) is 4.79 Å². The van der Waals surface area contributed by atoms with Crippen molar-refractivity contribution in [3.05, 3.63) is 35.4 Å². The fourth-order valence-electron chi connectivity index (χ4n) is 1.83. The van der Waals surface area contributed by atoms with Crippen molar-refractivity contribution in [2.24, 2.45) is 4.99 Å². The van der Waals surface area contributed by atoms with E-state index >= 15 is 0 Å². The Bertz CT molecular complexity index is 483. The van der Waals surface area contributed by atoms with Gasteiger partial charge >= 0.3 is 0 Å². The summed E-state index contributed by atoms with van der Waals surface area (Å²) in [6.07, 6.45) is 0.460. The highest BCUT2D eigenvalue weighted by Gasteiger charge is 2.04. The number of amides is 1. The van der Waals surface area contributed by atoms with Crippen LogP contribution in [0.4, 0.5) is 0 Å². The van der Waals surface area contributed by atoms with Crippen molar-refractivity contribution in [3.63, 3.8) is 0 Å². The molecule has 116 valence electrons. The van der Waals surface area contributed by atoms with Crippen LogP contribution in [0.3, 0.4) is 0 Å². The Morgan fingerprint density at radius 3 is 2.67 bits per heavy atom. The van der Waals surface area contributed by atoms with Crippen molar-refractivity contribution in [1.29, 1.82) is 0 Å². The first-order valence-electron chi connectivity index (χ1n) is 7.30. The van der Waals surface area contributed by atoms with Gasteiger partial charge in [-0.05, 0) is 19.4 Å². The number of nitrogens with one attached hydrogen (secondary N) is 2. The minimum Gasteiger partial charge on any atom is -0.357 e. The molecule has 0 spiro atoms. The lowest BCUT2D eigenvalue weighted by atomic mass is 10.1. The van der Waals surface area contributed by atoms with E-state index in [2.05, 4.69) is 40.7 Å². The zero-order valence-electron chi connectivity index (χ0n) is 13.4. The van der Waals surface area contributed by atoms with Gasteiger partial charge in [0, 0.05) is 33.6 Å². The second-order valence-electron chi connectivity index (χ2n) is 5.15. The lowest BCUT2D eigenvalue weighted by molar-refractivity contribution is -0.128. The molecule has 0 aliphatic carbocycles. The van der Waals surface area contributed by atoms with Gasteiger partial charge in [0.1, 0.15) is 0 Å². The van der Waals surface area contributed by atoms with Crippen LogP contribution in [0.15, 0.2) is 29.3 Å². The number of carbonyl (C=O) groups excluding carboxylic acids is 1. The van der Waals surface area contributed by atoms with E-state index in [0.29, 0.717) is 19.5 Å². The summed E-state index contributed by atoms with van der Waals surface area (Å²) in [5.41, 5.74) is 2.41. The number of rotatable bonds is 6. The van der Waals surface area contributed by atoms with Crippen molar-refractivity contribution >= 4 is 11.9 Å². The molecule has 0 radical (unpaired) electrons. The first kappa shape index (κ1) is 17.0. The molecular weight excluding hydrogens is 264 g/mol. The third-order valence-electron chi connectivity index (χ3n) is 2.98.